The molecule has 1 aromatic rings. The molecule has 1 aliphatic carbocycles. The largest absolute Gasteiger partial charge is 0.493 e. The average molecular weight is 355 g/mol. The van der Waals surface area contributed by atoms with Crippen molar-refractivity contribution in [2.75, 3.05) is 13.7 Å². The number of carbonyl (C=O) groups is 1. The number of likely N-dealkylation sites (N-methyl/N-ethyl adjacent to an activating group) is 1. The van der Waals surface area contributed by atoms with E-state index in [1.165, 1.54) is 42.6 Å². The first kappa shape index (κ1) is 17.4. The summed E-state index contributed by atoms with van der Waals surface area (Å²) in [4.78, 5) is 19.4. The van der Waals surface area contributed by atoms with Gasteiger partial charge in [0.1, 0.15) is 5.75 Å². The number of hydrogen-bond donors (Lipinski definition) is 1. The van der Waals surface area contributed by atoms with Gasteiger partial charge in [-0.15, -0.1) is 0 Å². The van der Waals surface area contributed by atoms with Crippen molar-refractivity contribution < 1.29 is 9.53 Å². The number of aliphatic imine (C=N–C) groups is 1. The van der Waals surface area contributed by atoms with E-state index in [0.29, 0.717) is 6.61 Å². The number of hydrogen-bond acceptors (Lipinski definition) is 4. The normalized spacial score (nSPS) is 28.0. The Kier molecular flexibility index (Phi) is 4.01. The van der Waals surface area contributed by atoms with Crippen molar-refractivity contribution in [3.63, 3.8) is 0 Å². The van der Waals surface area contributed by atoms with E-state index in [1.54, 1.807) is 7.05 Å². The molecule has 5 nitrogen and oxygen atoms in total. The van der Waals surface area contributed by atoms with Gasteiger partial charge in [-0.25, -0.2) is 4.99 Å². The summed E-state index contributed by atoms with van der Waals surface area (Å²) in [7, 11) is 1.70. The van der Waals surface area contributed by atoms with Crippen LogP contribution in [0.25, 0.3) is 0 Å². The molecule has 1 atom stereocenters. The quantitative estimate of drug-likeness (QED) is 0.886. The van der Waals surface area contributed by atoms with Crippen LogP contribution in [0, 0.1) is 11.3 Å². The minimum absolute atomic E-state index is 0.0561. The third kappa shape index (κ3) is 2.43. The average Bonchev–Trinajstić information content (AvgIpc) is 2.86. The van der Waals surface area contributed by atoms with Crippen LogP contribution >= 0.6 is 0 Å². The topological polar surface area (TPSA) is 67.9 Å². The number of fused-ring (bicyclic) bond motifs is 2. The highest BCUT2D eigenvalue weighted by Crippen LogP contribution is 2.53. The van der Waals surface area contributed by atoms with E-state index in [4.69, 9.17) is 15.5 Å². The molecule has 0 saturated heterocycles. The third-order valence-corrected chi connectivity index (χ3v) is 6.49. The molecular formula is C21H29N3O2. The lowest BCUT2D eigenvalue weighted by atomic mass is 9.66. The van der Waals surface area contributed by atoms with Gasteiger partial charge in [-0.2, -0.15) is 0 Å². The van der Waals surface area contributed by atoms with Gasteiger partial charge in [0.2, 0.25) is 0 Å². The predicted octanol–water partition coefficient (Wildman–Crippen LogP) is 3.21. The molecule has 0 bridgehead atoms. The van der Waals surface area contributed by atoms with Gasteiger partial charge < -0.3 is 10.5 Å². The molecule has 2 N–H and O–H groups in total. The number of amides is 1. The fourth-order valence-corrected chi connectivity index (χ4v) is 4.82. The molecule has 1 fully saturated rings. The zero-order chi connectivity index (χ0) is 18.5. The van der Waals surface area contributed by atoms with E-state index in [0.717, 1.165) is 23.7 Å². The Labute approximate surface area is 155 Å². The van der Waals surface area contributed by atoms with Crippen LogP contribution in [0.5, 0.6) is 5.75 Å². The first-order valence-corrected chi connectivity index (χ1v) is 9.75. The van der Waals surface area contributed by atoms with E-state index in [2.05, 4.69) is 12.1 Å². The third-order valence-electron chi connectivity index (χ3n) is 6.49. The Hall–Kier alpha value is -2.04. The number of nitrogens with two attached hydrogens (primary N) is 1. The summed E-state index contributed by atoms with van der Waals surface area (Å²) in [6.45, 7) is 4.52. The van der Waals surface area contributed by atoms with Gasteiger partial charge in [-0.1, -0.05) is 52.0 Å². The maximum atomic E-state index is 13.2. The number of benzene rings is 1. The van der Waals surface area contributed by atoms with Gasteiger partial charge in [0, 0.05) is 18.0 Å². The van der Waals surface area contributed by atoms with E-state index >= 15 is 0 Å². The van der Waals surface area contributed by atoms with Gasteiger partial charge in [-0.3, -0.25) is 9.69 Å². The monoisotopic (exact) mass is 355 g/mol. The number of carbonyl (C=O) groups excluding carboxylic acids is 1. The molecule has 4 rings (SSSR count). The molecule has 2 aliphatic heterocycles. The Balaban J connectivity index is 1.77. The molecule has 140 valence electrons. The molecular weight excluding hydrogens is 326 g/mol. The van der Waals surface area contributed by atoms with Crippen molar-refractivity contribution in [1.29, 1.82) is 0 Å². The Bertz CT molecular complexity index is 765. The van der Waals surface area contributed by atoms with Crippen molar-refractivity contribution in [3.05, 3.63) is 29.3 Å². The maximum Gasteiger partial charge on any atom is 0.262 e. The Morgan fingerprint density at radius 1 is 1.27 bits per heavy atom. The van der Waals surface area contributed by atoms with E-state index in [9.17, 15) is 4.79 Å². The van der Waals surface area contributed by atoms with Crippen LogP contribution < -0.4 is 10.5 Å². The van der Waals surface area contributed by atoms with E-state index in [-0.39, 0.29) is 11.9 Å². The number of guanidine groups is 1. The van der Waals surface area contributed by atoms with Crippen molar-refractivity contribution >= 4 is 11.9 Å². The Morgan fingerprint density at radius 3 is 2.65 bits per heavy atom. The number of rotatable bonds is 2. The van der Waals surface area contributed by atoms with Crippen LogP contribution in [-0.4, -0.2) is 30.4 Å². The highest BCUT2D eigenvalue weighted by molar-refractivity contribution is 6.07. The predicted molar refractivity (Wildman–Crippen MR) is 102 cm³/mol. The Morgan fingerprint density at radius 2 is 2.00 bits per heavy atom. The van der Waals surface area contributed by atoms with Crippen LogP contribution in [0.15, 0.2) is 23.2 Å². The zero-order valence-corrected chi connectivity index (χ0v) is 16.0. The molecule has 1 aromatic carbocycles. The second kappa shape index (κ2) is 6.00. The summed E-state index contributed by atoms with van der Waals surface area (Å²) >= 11 is 0. The van der Waals surface area contributed by atoms with Crippen LogP contribution in [0.3, 0.4) is 0 Å². The van der Waals surface area contributed by atoms with Crippen molar-refractivity contribution in [3.8, 4) is 5.75 Å². The molecule has 26 heavy (non-hydrogen) atoms. The standard InChI is InChI=1S/C21H29N3O2/c1-20(2)13-26-17-10-9-15(11-14-7-5-4-6-8-14)12-16(17)21(20)18(25)24(3)19(22)23-21/h9-10,12,14H,4-8,11,13H2,1-3H3,(H2,22,23). The lowest BCUT2D eigenvalue weighted by Gasteiger charge is -2.44. The SMILES string of the molecule is CN1C(=O)C2(N=C1N)c1cc(CC3CCCCC3)ccc1OCC2(C)C. The summed E-state index contributed by atoms with van der Waals surface area (Å²) in [6, 6.07) is 6.32. The second-order valence-electron chi connectivity index (χ2n) is 8.76. The van der Waals surface area contributed by atoms with Crippen molar-refractivity contribution in [2.24, 2.45) is 22.1 Å². The summed E-state index contributed by atoms with van der Waals surface area (Å²) in [6.07, 6.45) is 7.70. The van der Waals surface area contributed by atoms with Gasteiger partial charge in [-0.05, 0) is 30.0 Å². The lowest BCUT2D eigenvalue weighted by Crippen LogP contribution is -2.53. The van der Waals surface area contributed by atoms with Gasteiger partial charge >= 0.3 is 0 Å². The molecule has 1 saturated carbocycles. The van der Waals surface area contributed by atoms with Crippen molar-refractivity contribution in [2.45, 2.75) is 57.9 Å². The summed E-state index contributed by atoms with van der Waals surface area (Å²) < 4.78 is 6.01. The summed E-state index contributed by atoms with van der Waals surface area (Å²) in [5.41, 5.74) is 6.75. The van der Waals surface area contributed by atoms with Crippen LogP contribution in [0.4, 0.5) is 0 Å². The zero-order valence-electron chi connectivity index (χ0n) is 16.0. The molecule has 1 unspecified atom stereocenters. The second-order valence-corrected chi connectivity index (χ2v) is 8.76. The molecule has 1 spiro atoms. The van der Waals surface area contributed by atoms with Gasteiger partial charge in [0.05, 0.1) is 6.61 Å². The molecule has 0 radical (unpaired) electrons. The minimum atomic E-state index is -0.984. The number of nitrogens with zero attached hydrogens (tertiary/aromatic N) is 2. The lowest BCUT2D eigenvalue weighted by molar-refractivity contribution is -0.137. The molecule has 0 aromatic heterocycles. The molecule has 5 heteroatoms. The van der Waals surface area contributed by atoms with E-state index in [1.807, 2.05) is 19.9 Å². The minimum Gasteiger partial charge on any atom is -0.493 e. The van der Waals surface area contributed by atoms with Gasteiger partial charge in [0.25, 0.3) is 5.91 Å². The fourth-order valence-electron chi connectivity index (χ4n) is 4.82. The fraction of sp³-hybridized carbons (Fsp3) is 0.619. The van der Waals surface area contributed by atoms with Crippen LogP contribution in [0.1, 0.15) is 57.1 Å². The highest BCUT2D eigenvalue weighted by Gasteiger charge is 2.61. The first-order chi connectivity index (χ1) is 12.3. The van der Waals surface area contributed by atoms with Crippen LogP contribution in [-0.2, 0) is 16.8 Å². The summed E-state index contributed by atoms with van der Waals surface area (Å²) in [5.74, 6) is 1.73. The highest BCUT2D eigenvalue weighted by atomic mass is 16.5. The van der Waals surface area contributed by atoms with Crippen molar-refractivity contribution in [1.82, 2.24) is 4.90 Å². The van der Waals surface area contributed by atoms with E-state index < -0.39 is 11.0 Å². The molecule has 1 amide bonds. The number of ether oxygens (including phenoxy) is 1. The van der Waals surface area contributed by atoms with Gasteiger partial charge in [0.15, 0.2) is 11.5 Å². The molecule has 2 heterocycles. The smallest absolute Gasteiger partial charge is 0.262 e. The first-order valence-electron chi connectivity index (χ1n) is 9.75. The maximum absolute atomic E-state index is 13.2. The molecule has 3 aliphatic rings. The summed E-state index contributed by atoms with van der Waals surface area (Å²) in [5, 5.41) is 0. The van der Waals surface area contributed by atoms with Crippen LogP contribution in [0.2, 0.25) is 0 Å².